The molecule has 0 amide bonds. The first kappa shape index (κ1) is 12.3. The molecule has 2 N–H and O–H groups in total. The largest absolute Gasteiger partial charge is 0.391 e. The second kappa shape index (κ2) is 6.67. The normalized spacial score (nSPS) is 29.4. The fourth-order valence-corrected chi connectivity index (χ4v) is 2.94. The van der Waals surface area contributed by atoms with Crippen LogP contribution in [0, 0.1) is 0 Å². The summed E-state index contributed by atoms with van der Waals surface area (Å²) >= 11 is 2.02. The van der Waals surface area contributed by atoms with E-state index in [1.165, 1.54) is 12.2 Å². The van der Waals surface area contributed by atoms with Gasteiger partial charge in [0, 0.05) is 18.4 Å². The lowest BCUT2D eigenvalue weighted by atomic mass is 10.1. The minimum absolute atomic E-state index is 0.322. The molecule has 0 aromatic carbocycles. The summed E-state index contributed by atoms with van der Waals surface area (Å²) in [7, 11) is 1.62. The zero-order valence-corrected chi connectivity index (χ0v) is 9.85. The highest BCUT2D eigenvalue weighted by atomic mass is 32.2. The molecule has 84 valence electrons. The van der Waals surface area contributed by atoms with E-state index >= 15 is 0 Å². The number of thioether (sulfide) groups is 1. The fourth-order valence-electron chi connectivity index (χ4n) is 1.71. The highest BCUT2D eigenvalue weighted by Crippen LogP contribution is 2.25. The lowest BCUT2D eigenvalue weighted by Crippen LogP contribution is -2.35. The summed E-state index contributed by atoms with van der Waals surface area (Å²) in [5.41, 5.74) is 0. The van der Waals surface area contributed by atoms with Gasteiger partial charge in [0.25, 0.3) is 0 Å². The number of aliphatic hydroxyl groups is 1. The second-order valence-electron chi connectivity index (χ2n) is 3.82. The third-order valence-corrected chi connectivity index (χ3v) is 3.95. The predicted octanol–water partition coefficient (Wildman–Crippen LogP) is 0.867. The van der Waals surface area contributed by atoms with Crippen molar-refractivity contribution in [3.05, 3.63) is 0 Å². The first-order valence-electron chi connectivity index (χ1n) is 5.26. The first-order chi connectivity index (χ1) is 6.74. The van der Waals surface area contributed by atoms with Crippen LogP contribution in [0.1, 0.15) is 19.8 Å². The summed E-state index contributed by atoms with van der Waals surface area (Å²) < 4.78 is 4.87. The molecule has 0 spiro atoms. The van der Waals surface area contributed by atoms with E-state index in [0.29, 0.717) is 12.6 Å². The number of aliphatic hydroxyl groups excluding tert-OH is 1. The van der Waals surface area contributed by atoms with Gasteiger partial charge < -0.3 is 15.2 Å². The van der Waals surface area contributed by atoms with Crippen molar-refractivity contribution in [1.82, 2.24) is 5.32 Å². The van der Waals surface area contributed by atoms with Crippen LogP contribution < -0.4 is 5.32 Å². The fraction of sp³-hybridized carbons (Fsp3) is 1.00. The monoisotopic (exact) mass is 219 g/mol. The number of methoxy groups -OCH3 is 1. The standard InChI is InChI=1S/C10H21NO2S/c1-8-10(4-6-14-8)11-5-3-9(12)7-13-2/h8-12H,3-7H2,1-2H3. The summed E-state index contributed by atoms with van der Waals surface area (Å²) in [6.07, 6.45) is 1.71. The maximum Gasteiger partial charge on any atom is 0.0785 e. The maximum absolute atomic E-state index is 9.42. The zero-order chi connectivity index (χ0) is 10.4. The Labute approximate surface area is 90.6 Å². The van der Waals surface area contributed by atoms with Crippen molar-refractivity contribution >= 4 is 11.8 Å². The average molecular weight is 219 g/mol. The minimum Gasteiger partial charge on any atom is -0.391 e. The molecule has 0 bridgehead atoms. The van der Waals surface area contributed by atoms with Crippen LogP contribution in [0.15, 0.2) is 0 Å². The molecular formula is C10H21NO2S. The highest BCUT2D eigenvalue weighted by Gasteiger charge is 2.22. The van der Waals surface area contributed by atoms with Crippen LogP contribution in [-0.2, 0) is 4.74 Å². The van der Waals surface area contributed by atoms with Crippen molar-refractivity contribution in [3.8, 4) is 0 Å². The summed E-state index contributed by atoms with van der Waals surface area (Å²) in [5.74, 6) is 1.26. The van der Waals surface area contributed by atoms with Gasteiger partial charge in [0.15, 0.2) is 0 Å². The predicted molar refractivity (Wildman–Crippen MR) is 60.8 cm³/mol. The molecule has 0 radical (unpaired) electrons. The quantitative estimate of drug-likeness (QED) is 0.695. The molecule has 1 rings (SSSR count). The van der Waals surface area contributed by atoms with E-state index in [4.69, 9.17) is 4.74 Å². The summed E-state index contributed by atoms with van der Waals surface area (Å²) in [4.78, 5) is 0. The van der Waals surface area contributed by atoms with Gasteiger partial charge in [-0.25, -0.2) is 0 Å². The highest BCUT2D eigenvalue weighted by molar-refractivity contribution is 8.00. The Morgan fingerprint density at radius 3 is 3.00 bits per heavy atom. The molecule has 1 aliphatic rings. The molecule has 0 saturated carbocycles. The minimum atomic E-state index is -0.322. The molecule has 1 saturated heterocycles. The second-order valence-corrected chi connectivity index (χ2v) is 5.31. The molecule has 1 aliphatic heterocycles. The zero-order valence-electron chi connectivity index (χ0n) is 9.03. The Balaban J connectivity index is 2.03. The van der Waals surface area contributed by atoms with E-state index < -0.39 is 0 Å². The van der Waals surface area contributed by atoms with Crippen molar-refractivity contribution in [2.45, 2.75) is 37.2 Å². The molecular weight excluding hydrogens is 198 g/mol. The van der Waals surface area contributed by atoms with E-state index in [2.05, 4.69) is 12.2 Å². The summed E-state index contributed by atoms with van der Waals surface area (Å²) in [6.45, 7) is 3.59. The van der Waals surface area contributed by atoms with E-state index in [1.807, 2.05) is 11.8 Å². The van der Waals surface area contributed by atoms with E-state index in [-0.39, 0.29) is 6.10 Å². The van der Waals surface area contributed by atoms with Crippen LogP contribution in [-0.4, -0.2) is 48.5 Å². The molecule has 14 heavy (non-hydrogen) atoms. The van der Waals surface area contributed by atoms with Gasteiger partial charge in [-0.1, -0.05) is 6.92 Å². The van der Waals surface area contributed by atoms with Crippen molar-refractivity contribution in [2.24, 2.45) is 0 Å². The van der Waals surface area contributed by atoms with Gasteiger partial charge in [0.05, 0.1) is 12.7 Å². The van der Waals surface area contributed by atoms with E-state index in [9.17, 15) is 5.11 Å². The molecule has 0 aromatic heterocycles. The van der Waals surface area contributed by atoms with Gasteiger partial charge in [-0.2, -0.15) is 11.8 Å². The average Bonchev–Trinajstić information content (AvgIpc) is 2.52. The van der Waals surface area contributed by atoms with Crippen molar-refractivity contribution in [1.29, 1.82) is 0 Å². The Kier molecular flexibility index (Phi) is 5.86. The number of hydrogen-bond acceptors (Lipinski definition) is 4. The Morgan fingerprint density at radius 2 is 2.43 bits per heavy atom. The smallest absolute Gasteiger partial charge is 0.0785 e. The number of hydrogen-bond donors (Lipinski definition) is 2. The topological polar surface area (TPSA) is 41.5 Å². The van der Waals surface area contributed by atoms with Crippen LogP contribution in [0.5, 0.6) is 0 Å². The summed E-state index contributed by atoms with van der Waals surface area (Å²) in [5, 5.41) is 13.6. The summed E-state index contributed by atoms with van der Waals surface area (Å²) in [6, 6.07) is 0.634. The van der Waals surface area contributed by atoms with Gasteiger partial charge in [-0.15, -0.1) is 0 Å². The van der Waals surface area contributed by atoms with Crippen molar-refractivity contribution < 1.29 is 9.84 Å². The van der Waals surface area contributed by atoms with Gasteiger partial charge >= 0.3 is 0 Å². The van der Waals surface area contributed by atoms with Gasteiger partial charge in [0.2, 0.25) is 0 Å². The molecule has 1 heterocycles. The van der Waals surface area contributed by atoms with Crippen molar-refractivity contribution in [2.75, 3.05) is 26.0 Å². The SMILES string of the molecule is COCC(O)CCNC1CCSC1C. The third kappa shape index (κ3) is 4.17. The van der Waals surface area contributed by atoms with E-state index in [1.54, 1.807) is 7.11 Å². The van der Waals surface area contributed by atoms with Crippen LogP contribution >= 0.6 is 11.8 Å². The van der Waals surface area contributed by atoms with E-state index in [0.717, 1.165) is 18.2 Å². The first-order valence-corrected chi connectivity index (χ1v) is 6.31. The van der Waals surface area contributed by atoms with Gasteiger partial charge in [0.1, 0.15) is 0 Å². The third-order valence-electron chi connectivity index (χ3n) is 2.62. The number of nitrogens with one attached hydrogen (secondary N) is 1. The van der Waals surface area contributed by atoms with Crippen molar-refractivity contribution in [3.63, 3.8) is 0 Å². The molecule has 1 fully saturated rings. The van der Waals surface area contributed by atoms with Gasteiger partial charge in [-0.3, -0.25) is 0 Å². The molecule has 0 aromatic rings. The van der Waals surface area contributed by atoms with Crippen LogP contribution in [0.4, 0.5) is 0 Å². The molecule has 0 aliphatic carbocycles. The van der Waals surface area contributed by atoms with Crippen LogP contribution in [0.2, 0.25) is 0 Å². The molecule has 3 nitrogen and oxygen atoms in total. The lowest BCUT2D eigenvalue weighted by Gasteiger charge is -2.17. The number of ether oxygens (including phenoxy) is 1. The van der Waals surface area contributed by atoms with Gasteiger partial charge in [-0.05, 0) is 25.1 Å². The van der Waals surface area contributed by atoms with Crippen LogP contribution in [0.25, 0.3) is 0 Å². The maximum atomic E-state index is 9.42. The lowest BCUT2D eigenvalue weighted by molar-refractivity contribution is 0.0590. The van der Waals surface area contributed by atoms with Crippen LogP contribution in [0.3, 0.4) is 0 Å². The Morgan fingerprint density at radius 1 is 1.64 bits per heavy atom. The molecule has 4 heteroatoms. The Hall–Kier alpha value is 0.230. The Bertz CT molecular complexity index is 157. The number of rotatable bonds is 6. The molecule has 3 atom stereocenters. The molecule has 3 unspecified atom stereocenters.